The molecule has 360 valence electrons. The average Bonchev–Trinajstić information content (AvgIpc) is 3.60. The molecule has 1 aromatic heterocycles. The van der Waals surface area contributed by atoms with E-state index in [2.05, 4.69) is 80.3 Å². The number of phenols is 1. The number of likely N-dealkylation sites (N-methyl/N-ethyl adjacent to an activating group) is 1. The number of aromatic hydroxyl groups is 1. The Labute approximate surface area is 399 Å². The molecule has 3 aromatic carbocycles. The Morgan fingerprint density at radius 1 is 1.07 bits per heavy atom. The largest absolute Gasteiger partial charge is 0.508 e. The number of cyclic esters (lactones) is 1. The molecule has 14 nitrogen and oxygen atoms in total. The van der Waals surface area contributed by atoms with Gasteiger partial charge in [0.15, 0.2) is 6.72 Å². The molecule has 4 heterocycles. The third-order valence-electron chi connectivity index (χ3n) is 15.7. The lowest BCUT2D eigenvalue weighted by Gasteiger charge is -2.43. The molecule has 1 spiro atoms. The number of aryl methyl sites for hydroxylation is 1. The van der Waals surface area contributed by atoms with Gasteiger partial charge in [0.25, 0.3) is 11.9 Å². The topological polar surface area (TPSA) is 157 Å². The summed E-state index contributed by atoms with van der Waals surface area (Å²) in [6, 6.07) is 17.9. The van der Waals surface area contributed by atoms with Crippen molar-refractivity contribution >= 4 is 41.3 Å². The van der Waals surface area contributed by atoms with E-state index in [9.17, 15) is 24.6 Å². The van der Waals surface area contributed by atoms with Crippen LogP contribution in [-0.2, 0) is 41.6 Å². The fourth-order valence-electron chi connectivity index (χ4n) is 12.2. The minimum Gasteiger partial charge on any atom is -0.508 e. The van der Waals surface area contributed by atoms with Gasteiger partial charge in [0, 0.05) is 74.1 Å². The lowest BCUT2D eigenvalue weighted by Crippen LogP contribution is -2.56. The maximum Gasteiger partial charge on any atom is 0.378 e. The van der Waals surface area contributed by atoms with Gasteiger partial charge in [-0.3, -0.25) is 19.3 Å². The normalized spacial score (nSPS) is 26.5. The molecule has 2 saturated heterocycles. The minimum absolute atomic E-state index is 0.0436. The van der Waals surface area contributed by atoms with Crippen LogP contribution in [0.25, 0.3) is 33.3 Å². The summed E-state index contributed by atoms with van der Waals surface area (Å²) in [7, 11) is 3.38. The quantitative estimate of drug-likeness (QED) is 0.0981. The number of phenolic OH excluding ortho intramolecular Hbond substituents is 1. The molecule has 2 aliphatic carbocycles. The van der Waals surface area contributed by atoms with Gasteiger partial charge in [0.05, 0.1) is 36.3 Å². The molecule has 6 bridgehead atoms. The zero-order chi connectivity index (χ0) is 48.6. The maximum atomic E-state index is 15.3. The predicted octanol–water partition coefficient (Wildman–Crippen LogP) is 6.41. The lowest BCUT2D eigenvalue weighted by atomic mass is 9.66. The second-order valence-electron chi connectivity index (χ2n) is 20.8. The summed E-state index contributed by atoms with van der Waals surface area (Å²) < 4.78 is 16.6. The number of nitrogens with zero attached hydrogens (tertiary/aromatic N) is 5. The Morgan fingerprint density at radius 2 is 1.84 bits per heavy atom. The summed E-state index contributed by atoms with van der Waals surface area (Å²) in [6.07, 6.45) is 2.20. The number of ether oxygens (including phenoxy) is 2. The van der Waals surface area contributed by atoms with Crippen molar-refractivity contribution in [1.29, 1.82) is 0 Å². The molecule has 14 heteroatoms. The van der Waals surface area contributed by atoms with Crippen LogP contribution in [0.5, 0.6) is 5.75 Å². The molecule has 4 aromatic rings. The van der Waals surface area contributed by atoms with Crippen molar-refractivity contribution in [2.45, 2.75) is 110 Å². The van der Waals surface area contributed by atoms with E-state index in [1.54, 1.807) is 31.2 Å². The number of likely N-dealkylation sites (tertiary alicyclic amines) is 1. The van der Waals surface area contributed by atoms with Crippen LogP contribution in [0, 0.1) is 22.7 Å². The lowest BCUT2D eigenvalue weighted by molar-refractivity contribution is -0.693. The van der Waals surface area contributed by atoms with Crippen LogP contribution in [0.4, 0.5) is 0 Å². The smallest absolute Gasteiger partial charge is 0.378 e. The van der Waals surface area contributed by atoms with Crippen molar-refractivity contribution in [3.8, 4) is 28.1 Å². The molecule has 8 atom stereocenters. The first-order valence-corrected chi connectivity index (χ1v) is 24.3. The number of nitrogens with one attached hydrogen (secondary N) is 1. The van der Waals surface area contributed by atoms with E-state index in [1.807, 2.05) is 26.0 Å². The van der Waals surface area contributed by atoms with Crippen molar-refractivity contribution in [2.75, 3.05) is 40.4 Å². The highest BCUT2D eigenvalue weighted by Crippen LogP contribution is 2.58. The number of hydrazine groups is 1. The number of carbonyl (C=O) groups excluding carboxylic acids is 4. The van der Waals surface area contributed by atoms with Crippen molar-refractivity contribution in [3.63, 3.8) is 0 Å². The molecule has 3 aliphatic heterocycles. The molecule has 3 amide bonds. The highest BCUT2D eigenvalue weighted by atomic mass is 16.5. The number of rotatable bonds is 9. The van der Waals surface area contributed by atoms with E-state index in [0.29, 0.717) is 57.4 Å². The van der Waals surface area contributed by atoms with Crippen LogP contribution >= 0.6 is 0 Å². The number of hydrogen-bond acceptors (Lipinski definition) is 9. The van der Waals surface area contributed by atoms with Crippen molar-refractivity contribution in [3.05, 3.63) is 90.0 Å². The van der Waals surface area contributed by atoms with Crippen molar-refractivity contribution in [1.82, 2.24) is 24.7 Å². The van der Waals surface area contributed by atoms with Gasteiger partial charge in [-0.05, 0) is 96.7 Å². The first-order chi connectivity index (χ1) is 32.4. The molecule has 4 unspecified atom stereocenters. The van der Waals surface area contributed by atoms with Crippen LogP contribution in [0.2, 0.25) is 0 Å². The molecular formula is C54H67N6O8+. The zero-order valence-corrected chi connectivity index (χ0v) is 40.5. The number of esters is 1. The van der Waals surface area contributed by atoms with Crippen LogP contribution in [0.15, 0.2) is 73.3 Å². The zero-order valence-electron chi connectivity index (χ0n) is 40.5. The molecule has 68 heavy (non-hydrogen) atoms. The fraction of sp³-hybridized carbons (Fsp3) is 0.500. The van der Waals surface area contributed by atoms with Crippen molar-refractivity contribution in [2.24, 2.45) is 22.7 Å². The van der Waals surface area contributed by atoms with Crippen molar-refractivity contribution < 1.29 is 43.5 Å². The highest BCUT2D eigenvalue weighted by molar-refractivity contribution is 5.97. The van der Waals surface area contributed by atoms with Gasteiger partial charge < -0.3 is 34.5 Å². The second-order valence-corrected chi connectivity index (χ2v) is 20.8. The van der Waals surface area contributed by atoms with Gasteiger partial charge in [-0.2, -0.15) is 0 Å². The number of hydrogen-bond donors (Lipinski definition) is 3. The number of aliphatic hydroxyl groups excluding tert-OH is 1. The Hall–Kier alpha value is -5.83. The fourth-order valence-corrected chi connectivity index (χ4v) is 12.2. The Morgan fingerprint density at radius 3 is 2.56 bits per heavy atom. The average molecular weight is 928 g/mol. The molecule has 0 radical (unpaired) electrons. The van der Waals surface area contributed by atoms with Crippen LogP contribution in [-0.4, -0.2) is 129 Å². The number of benzene rings is 3. The maximum absolute atomic E-state index is 15.3. The van der Waals surface area contributed by atoms with E-state index in [4.69, 9.17) is 9.47 Å². The van der Waals surface area contributed by atoms with Crippen LogP contribution in [0.1, 0.15) is 89.0 Å². The van der Waals surface area contributed by atoms with Crippen LogP contribution < -0.4 is 5.32 Å². The second kappa shape index (κ2) is 17.9. The van der Waals surface area contributed by atoms with Gasteiger partial charge in [0.1, 0.15) is 18.0 Å². The number of carbonyl (C=O) groups is 4. The third-order valence-corrected chi connectivity index (χ3v) is 15.7. The van der Waals surface area contributed by atoms with Gasteiger partial charge in [-0.25, -0.2) is 4.79 Å². The predicted molar refractivity (Wildman–Crippen MR) is 259 cm³/mol. The first kappa shape index (κ1) is 47.2. The van der Waals surface area contributed by atoms with E-state index >= 15 is 4.79 Å². The molecule has 1 saturated carbocycles. The SMILES string of the molecule is C=CC(O)N1CC[C@H](C(=O)N(C)[C@H](C(=O)NC2CC23Cc2cc(O)cc(c2)-c2ccc4c(c2)c2c(n4CC)-c4ccccc4[C@H](OC)C2C(C)(C)COC(=O)[C@@H]2CCCN(C3=O)[N+]2=C)C(C)C)C1. The summed E-state index contributed by atoms with van der Waals surface area (Å²) in [5.74, 6) is -2.18. The first-order valence-electron chi connectivity index (χ1n) is 24.3. The van der Waals surface area contributed by atoms with Gasteiger partial charge in [-0.15, -0.1) is 9.69 Å². The minimum atomic E-state index is -1.16. The van der Waals surface area contributed by atoms with E-state index < -0.39 is 47.1 Å². The molecule has 9 rings (SSSR count). The number of hydrazone groups is 1. The molecule has 3 N–H and O–H groups in total. The highest BCUT2D eigenvalue weighted by Gasteiger charge is 2.65. The van der Waals surface area contributed by atoms with Gasteiger partial charge in [0.2, 0.25) is 11.8 Å². The standard InChI is InChI=1S/C54H66N6O8/c1-10-43(62)58-22-20-34(29-58)50(64)56(7)46(31(3)4)49(63)55-42-28-54(42)27-32-23-35(25-36(61)24-32)33-18-19-40-39(26-33)44-45(48(67-9)38-16-13-12-15-37(38)47(44)59(40)11-2)53(5,6)30-68-51(65)41-17-14-21-60(52(54)66)57(41)8/h10,12-13,15-16,18-19,23-26,31,34,41-43,45-46,48,62H,1,8,11,14,17,20-22,27-30H2,2-7,9H3,(H-,55,61,63)/p+1/t34-,41-,42?,43?,45?,46-,48-,54?/m0/s1. The molecule has 5 aliphatic rings. The monoisotopic (exact) mass is 928 g/mol. The summed E-state index contributed by atoms with van der Waals surface area (Å²) in [4.78, 5) is 61.4. The summed E-state index contributed by atoms with van der Waals surface area (Å²) in [5, 5.41) is 27.6. The number of methoxy groups -OCH3 is 1. The number of amides is 3. The summed E-state index contributed by atoms with van der Waals surface area (Å²) in [5.41, 5.74) is 5.99. The Balaban J connectivity index is 1.12. The molecular weight excluding hydrogens is 861 g/mol. The summed E-state index contributed by atoms with van der Waals surface area (Å²) in [6.45, 7) is 20.1. The Kier molecular flexibility index (Phi) is 12.4. The van der Waals surface area contributed by atoms with Crippen LogP contribution in [0.3, 0.4) is 0 Å². The van der Waals surface area contributed by atoms with E-state index in [1.165, 1.54) is 20.7 Å². The van der Waals surface area contributed by atoms with Gasteiger partial charge in [-0.1, -0.05) is 70.7 Å². The number of aliphatic hydroxyl groups is 1. The van der Waals surface area contributed by atoms with E-state index in [0.717, 1.165) is 44.4 Å². The number of aromatic nitrogens is 1. The third kappa shape index (κ3) is 7.91. The number of fused-ring (bicyclic) bond motifs is 8. The van der Waals surface area contributed by atoms with Gasteiger partial charge >= 0.3 is 5.97 Å². The summed E-state index contributed by atoms with van der Waals surface area (Å²) >= 11 is 0. The Bertz CT molecular complexity index is 2710. The molecule has 3 fully saturated rings. The van der Waals surface area contributed by atoms with E-state index in [-0.39, 0.29) is 54.4 Å².